The molecule has 1 aliphatic carbocycles. The number of aromatic hydroxyl groups is 2. The van der Waals surface area contributed by atoms with Crippen molar-refractivity contribution in [3.8, 4) is 11.5 Å². The van der Waals surface area contributed by atoms with E-state index in [9.17, 15) is 10.2 Å². The summed E-state index contributed by atoms with van der Waals surface area (Å²) in [5, 5.41) is 23.2. The maximum atomic E-state index is 10.2. The lowest BCUT2D eigenvalue weighted by Gasteiger charge is -2.37. The molecule has 0 saturated carbocycles. The number of hydrogen-bond donors (Lipinski definition) is 3. The van der Waals surface area contributed by atoms with Gasteiger partial charge in [-0.15, -0.1) is 0 Å². The van der Waals surface area contributed by atoms with E-state index in [1.54, 1.807) is 6.07 Å². The minimum atomic E-state index is 0.0560. The summed E-state index contributed by atoms with van der Waals surface area (Å²) in [6.07, 6.45) is 5.50. The number of benzene rings is 2. The molecule has 0 amide bonds. The van der Waals surface area contributed by atoms with Crippen LogP contribution in [0.1, 0.15) is 29.5 Å². The van der Waals surface area contributed by atoms with E-state index in [-0.39, 0.29) is 17.5 Å². The van der Waals surface area contributed by atoms with E-state index in [0.29, 0.717) is 11.8 Å². The molecule has 2 aromatic carbocycles. The molecule has 106 valence electrons. The van der Waals surface area contributed by atoms with Crippen molar-refractivity contribution in [2.24, 2.45) is 5.92 Å². The number of anilines is 1. The van der Waals surface area contributed by atoms with Gasteiger partial charge in [0.25, 0.3) is 0 Å². The molecule has 0 fully saturated rings. The second-order valence-electron chi connectivity index (χ2n) is 5.81. The smallest absolute Gasteiger partial charge is 0.124 e. The average Bonchev–Trinajstić information content (AvgIpc) is 2.96. The van der Waals surface area contributed by atoms with Crippen LogP contribution in [0.25, 0.3) is 0 Å². The van der Waals surface area contributed by atoms with Crippen molar-refractivity contribution in [2.45, 2.75) is 18.4 Å². The van der Waals surface area contributed by atoms with Gasteiger partial charge in [-0.25, -0.2) is 0 Å². The van der Waals surface area contributed by atoms with E-state index >= 15 is 0 Å². The maximum absolute atomic E-state index is 10.2. The van der Waals surface area contributed by atoms with E-state index in [2.05, 4.69) is 35.7 Å². The highest BCUT2D eigenvalue weighted by atomic mass is 16.3. The third-order valence-corrected chi connectivity index (χ3v) is 4.62. The third kappa shape index (κ3) is 1.88. The molecule has 1 heterocycles. The van der Waals surface area contributed by atoms with Crippen LogP contribution < -0.4 is 5.32 Å². The van der Waals surface area contributed by atoms with Crippen LogP contribution in [0.2, 0.25) is 0 Å². The average molecular weight is 279 g/mol. The molecule has 3 N–H and O–H groups in total. The molecule has 3 atom stereocenters. The molecular weight excluding hydrogens is 262 g/mol. The molecule has 0 aromatic heterocycles. The normalized spacial score (nSPS) is 26.0. The molecule has 0 saturated heterocycles. The summed E-state index contributed by atoms with van der Waals surface area (Å²) in [4.78, 5) is 0. The van der Waals surface area contributed by atoms with E-state index in [4.69, 9.17) is 0 Å². The van der Waals surface area contributed by atoms with Crippen molar-refractivity contribution in [2.75, 3.05) is 5.32 Å². The molecule has 21 heavy (non-hydrogen) atoms. The molecule has 0 radical (unpaired) electrons. The van der Waals surface area contributed by atoms with Crippen LogP contribution in [0, 0.1) is 5.92 Å². The van der Waals surface area contributed by atoms with E-state index in [1.165, 1.54) is 11.6 Å². The van der Waals surface area contributed by atoms with Gasteiger partial charge in [0, 0.05) is 23.2 Å². The number of allylic oxidation sites excluding steroid dienone is 2. The van der Waals surface area contributed by atoms with Crippen LogP contribution in [0.3, 0.4) is 0 Å². The fraction of sp³-hybridized carbons (Fsp3) is 0.222. The number of hydrogen-bond acceptors (Lipinski definition) is 3. The number of phenols is 2. The quantitative estimate of drug-likeness (QED) is 0.693. The molecule has 0 spiro atoms. The second kappa shape index (κ2) is 4.55. The molecule has 2 aliphatic rings. The lowest BCUT2D eigenvalue weighted by Crippen LogP contribution is -2.29. The SMILES string of the molecule is Oc1ccc(C2Nc3ccccc3C3C=CCC32)c(O)c1. The van der Waals surface area contributed by atoms with Crippen molar-refractivity contribution in [3.05, 3.63) is 65.7 Å². The Morgan fingerprint density at radius 3 is 2.71 bits per heavy atom. The molecule has 0 bridgehead atoms. The summed E-state index contributed by atoms with van der Waals surface area (Å²) in [5.41, 5.74) is 3.30. The summed E-state index contributed by atoms with van der Waals surface area (Å²) in [7, 11) is 0. The Kier molecular flexibility index (Phi) is 2.67. The molecule has 3 nitrogen and oxygen atoms in total. The Morgan fingerprint density at radius 2 is 1.86 bits per heavy atom. The topological polar surface area (TPSA) is 52.5 Å². The lowest BCUT2D eigenvalue weighted by atomic mass is 9.77. The first-order valence-corrected chi connectivity index (χ1v) is 7.28. The highest BCUT2D eigenvalue weighted by Gasteiger charge is 2.38. The molecule has 3 unspecified atom stereocenters. The summed E-state index contributed by atoms with van der Waals surface area (Å²) in [6.45, 7) is 0. The number of fused-ring (bicyclic) bond motifs is 3. The maximum Gasteiger partial charge on any atom is 0.124 e. The van der Waals surface area contributed by atoms with Gasteiger partial charge in [0.1, 0.15) is 11.5 Å². The first-order chi connectivity index (χ1) is 10.2. The van der Waals surface area contributed by atoms with Crippen molar-refractivity contribution < 1.29 is 10.2 Å². The molecular formula is C18H17NO2. The highest BCUT2D eigenvalue weighted by molar-refractivity contribution is 5.60. The van der Waals surface area contributed by atoms with Gasteiger partial charge in [-0.2, -0.15) is 0 Å². The first-order valence-electron chi connectivity index (χ1n) is 7.28. The van der Waals surface area contributed by atoms with Crippen molar-refractivity contribution in [1.82, 2.24) is 0 Å². The number of para-hydroxylation sites is 1. The number of rotatable bonds is 1. The fourth-order valence-electron chi connectivity index (χ4n) is 3.65. The van der Waals surface area contributed by atoms with Crippen LogP contribution in [-0.2, 0) is 0 Å². The Hall–Kier alpha value is -2.42. The molecule has 2 aromatic rings. The summed E-state index contributed by atoms with van der Waals surface area (Å²) in [6, 6.07) is 13.3. The van der Waals surface area contributed by atoms with Gasteiger partial charge in [0.05, 0.1) is 6.04 Å². The molecule has 3 heteroatoms. The monoisotopic (exact) mass is 279 g/mol. The van der Waals surface area contributed by atoms with Crippen molar-refractivity contribution in [3.63, 3.8) is 0 Å². The Labute approximate surface area is 123 Å². The van der Waals surface area contributed by atoms with Gasteiger partial charge in [-0.3, -0.25) is 0 Å². The van der Waals surface area contributed by atoms with Gasteiger partial charge in [-0.05, 0) is 36.1 Å². The van der Waals surface area contributed by atoms with E-state index in [0.717, 1.165) is 17.7 Å². The van der Waals surface area contributed by atoms with Crippen LogP contribution in [0.4, 0.5) is 5.69 Å². The standard InChI is InChI=1S/C18H17NO2/c20-11-8-9-15(17(21)10-11)18-14-6-3-5-12(14)13-4-1-2-7-16(13)19-18/h1-5,7-10,12,14,18-21H,6H2. The third-order valence-electron chi connectivity index (χ3n) is 4.62. The predicted octanol–water partition coefficient (Wildman–Crippen LogP) is 3.92. The van der Waals surface area contributed by atoms with Crippen molar-refractivity contribution >= 4 is 5.69 Å². The largest absolute Gasteiger partial charge is 0.508 e. The minimum absolute atomic E-state index is 0.0560. The van der Waals surface area contributed by atoms with Gasteiger partial charge in [0.2, 0.25) is 0 Å². The highest BCUT2D eigenvalue weighted by Crippen LogP contribution is 2.51. The van der Waals surface area contributed by atoms with Crippen LogP contribution in [0.5, 0.6) is 11.5 Å². The van der Waals surface area contributed by atoms with E-state index < -0.39 is 0 Å². The van der Waals surface area contributed by atoms with Gasteiger partial charge in [0.15, 0.2) is 0 Å². The summed E-state index contributed by atoms with van der Waals surface area (Å²) >= 11 is 0. The zero-order valence-electron chi connectivity index (χ0n) is 11.5. The number of nitrogens with one attached hydrogen (secondary N) is 1. The van der Waals surface area contributed by atoms with Gasteiger partial charge < -0.3 is 15.5 Å². The van der Waals surface area contributed by atoms with Crippen LogP contribution in [0.15, 0.2) is 54.6 Å². The number of phenolic OH excluding ortho intramolecular Hbond substituents is 2. The zero-order chi connectivity index (χ0) is 14.4. The molecule has 1 aliphatic heterocycles. The van der Waals surface area contributed by atoms with E-state index in [1.807, 2.05) is 12.1 Å². The Bertz CT molecular complexity index is 723. The summed E-state index contributed by atoms with van der Waals surface area (Å²) in [5.74, 6) is 1.03. The van der Waals surface area contributed by atoms with Crippen molar-refractivity contribution in [1.29, 1.82) is 0 Å². The predicted molar refractivity (Wildman–Crippen MR) is 82.6 cm³/mol. The second-order valence-corrected chi connectivity index (χ2v) is 5.81. The fourth-order valence-corrected chi connectivity index (χ4v) is 3.65. The Balaban J connectivity index is 1.81. The lowest BCUT2D eigenvalue weighted by molar-refractivity contribution is 0.398. The van der Waals surface area contributed by atoms with Crippen LogP contribution in [-0.4, -0.2) is 10.2 Å². The van der Waals surface area contributed by atoms with Gasteiger partial charge in [-0.1, -0.05) is 30.4 Å². The molecule has 4 rings (SSSR count). The van der Waals surface area contributed by atoms with Crippen LogP contribution >= 0.6 is 0 Å². The summed E-state index contributed by atoms with van der Waals surface area (Å²) < 4.78 is 0. The Morgan fingerprint density at radius 1 is 1.00 bits per heavy atom. The first kappa shape index (κ1) is 12.3. The van der Waals surface area contributed by atoms with Gasteiger partial charge >= 0.3 is 0 Å². The minimum Gasteiger partial charge on any atom is -0.508 e. The zero-order valence-corrected chi connectivity index (χ0v) is 11.5.